The summed E-state index contributed by atoms with van der Waals surface area (Å²) in [5, 5.41) is 10.6. The van der Waals surface area contributed by atoms with Gasteiger partial charge in [-0.15, -0.1) is 11.3 Å². The van der Waals surface area contributed by atoms with E-state index < -0.39 is 39.0 Å². The summed E-state index contributed by atoms with van der Waals surface area (Å²) >= 11 is 1.57. The van der Waals surface area contributed by atoms with Crippen molar-refractivity contribution in [2.75, 3.05) is 19.3 Å². The molecule has 9 nitrogen and oxygen atoms in total. The highest BCUT2D eigenvalue weighted by molar-refractivity contribution is 7.88. The first-order valence-corrected chi connectivity index (χ1v) is 15.5. The van der Waals surface area contributed by atoms with Crippen molar-refractivity contribution in [2.24, 2.45) is 10.4 Å². The number of nitrogens with zero attached hydrogens (tertiary/aromatic N) is 4. The predicted molar refractivity (Wildman–Crippen MR) is 147 cm³/mol. The van der Waals surface area contributed by atoms with Gasteiger partial charge in [0.05, 0.1) is 39.9 Å². The first-order valence-electron chi connectivity index (χ1n) is 12.8. The van der Waals surface area contributed by atoms with Gasteiger partial charge in [-0.2, -0.15) is 4.31 Å². The molecule has 0 saturated carbocycles. The number of carbonyl (C=O) groups excluding carboxylic acids is 2. The second kappa shape index (κ2) is 9.32. The number of aliphatic hydroxyl groups is 1. The number of rotatable bonds is 5. The number of amides is 2. The minimum atomic E-state index is -3.60. The van der Waals surface area contributed by atoms with E-state index in [1.165, 1.54) is 4.31 Å². The summed E-state index contributed by atoms with van der Waals surface area (Å²) < 4.78 is 26.3. The van der Waals surface area contributed by atoms with Crippen LogP contribution in [-0.2, 0) is 25.0 Å². The van der Waals surface area contributed by atoms with Gasteiger partial charge in [-0.1, -0.05) is 38.1 Å². The molecular weight excluding hydrogens is 524 g/mol. The number of likely N-dealkylation sites (tertiary alicyclic amines) is 1. The number of aryl methyl sites for hydroxylation is 1. The predicted octanol–water partition coefficient (Wildman–Crippen LogP) is 2.77. The van der Waals surface area contributed by atoms with Crippen LogP contribution in [0.5, 0.6) is 0 Å². The van der Waals surface area contributed by atoms with Crippen molar-refractivity contribution in [3.8, 4) is 10.4 Å². The Balaban J connectivity index is 1.40. The van der Waals surface area contributed by atoms with Crippen LogP contribution in [0.3, 0.4) is 0 Å². The monoisotopic (exact) mass is 558 g/mol. The molecule has 5 rings (SSSR count). The van der Waals surface area contributed by atoms with E-state index >= 15 is 0 Å². The van der Waals surface area contributed by atoms with Gasteiger partial charge in [0, 0.05) is 31.6 Å². The Hall–Kier alpha value is -2.47. The Morgan fingerprint density at radius 3 is 2.47 bits per heavy atom. The number of hydrogen-bond acceptors (Lipinski definition) is 7. The molecular formula is C27H34N4O5S2. The molecule has 2 fully saturated rings. The summed E-state index contributed by atoms with van der Waals surface area (Å²) in [6.07, 6.45) is 1.51. The molecule has 2 amide bonds. The van der Waals surface area contributed by atoms with Gasteiger partial charge in [-0.3, -0.25) is 9.59 Å². The van der Waals surface area contributed by atoms with E-state index in [0.29, 0.717) is 18.6 Å². The van der Waals surface area contributed by atoms with Crippen LogP contribution in [0.4, 0.5) is 0 Å². The van der Waals surface area contributed by atoms with Crippen molar-refractivity contribution in [1.82, 2.24) is 14.2 Å². The van der Waals surface area contributed by atoms with Crippen LogP contribution in [0.25, 0.3) is 10.4 Å². The van der Waals surface area contributed by atoms with Crippen LogP contribution in [0.2, 0.25) is 0 Å². The summed E-state index contributed by atoms with van der Waals surface area (Å²) in [7, 11) is -3.60. The molecule has 4 atom stereocenters. The molecule has 204 valence electrons. The van der Waals surface area contributed by atoms with Crippen molar-refractivity contribution in [2.45, 2.75) is 70.6 Å². The molecule has 1 N–H and O–H groups in total. The van der Waals surface area contributed by atoms with Crippen LogP contribution >= 0.6 is 11.3 Å². The first-order chi connectivity index (χ1) is 17.7. The van der Waals surface area contributed by atoms with E-state index in [9.17, 15) is 23.1 Å². The van der Waals surface area contributed by atoms with E-state index in [1.54, 1.807) is 16.2 Å². The minimum absolute atomic E-state index is 0.0838. The summed E-state index contributed by atoms with van der Waals surface area (Å²) in [5.41, 5.74) is 3.76. The molecule has 1 aromatic heterocycles. The Bertz CT molecular complexity index is 1420. The molecule has 0 bridgehead atoms. The SMILES string of the molecule is Cc1ncsc1-c1ccc([C@]2(C)CC([C@@H]3C[C@@H](O)CN3C(=O)[C@H]3N(S(C)(=O)=O)CCC3(C)C)=NC2=O)cc1. The van der Waals surface area contributed by atoms with Gasteiger partial charge in [0.15, 0.2) is 0 Å². The summed E-state index contributed by atoms with van der Waals surface area (Å²) in [4.78, 5) is 38.5. The molecule has 4 heterocycles. The number of carbonyl (C=O) groups is 2. The number of hydrogen-bond donors (Lipinski definition) is 1. The maximum Gasteiger partial charge on any atom is 0.256 e. The van der Waals surface area contributed by atoms with Crippen molar-refractivity contribution < 1.29 is 23.1 Å². The number of aliphatic hydroxyl groups excluding tert-OH is 1. The van der Waals surface area contributed by atoms with Gasteiger partial charge in [0.2, 0.25) is 15.9 Å². The lowest BCUT2D eigenvalue weighted by Crippen LogP contribution is -2.54. The van der Waals surface area contributed by atoms with Crippen molar-refractivity contribution in [3.05, 3.63) is 41.0 Å². The van der Waals surface area contributed by atoms with Crippen molar-refractivity contribution in [3.63, 3.8) is 0 Å². The fourth-order valence-corrected chi connectivity index (χ4v) is 8.11. The maximum absolute atomic E-state index is 13.9. The number of aromatic nitrogens is 1. The van der Waals surface area contributed by atoms with Crippen molar-refractivity contribution >= 4 is 38.9 Å². The second-order valence-electron chi connectivity index (χ2n) is 11.7. The number of benzene rings is 1. The normalized spacial score (nSPS) is 29.7. The molecule has 0 spiro atoms. The topological polar surface area (TPSA) is 120 Å². The standard InChI is InChI=1S/C27H34N4O5S2/c1-16-22(37-15-28-16)17-6-8-18(9-7-17)27(4)13-20(29-25(27)34)21-12-19(32)14-30(21)24(33)23-26(2,3)10-11-31(23)38(5,35)36/h6-9,15,19,21,23,32H,10-14H2,1-5H3/t19-,21+,23-,27+/m1/s1. The Morgan fingerprint density at radius 1 is 1.18 bits per heavy atom. The van der Waals surface area contributed by atoms with Gasteiger partial charge in [-0.25, -0.2) is 18.4 Å². The molecule has 11 heteroatoms. The van der Waals surface area contributed by atoms with E-state index in [2.05, 4.69) is 9.98 Å². The third kappa shape index (κ3) is 4.53. The number of aliphatic imine (C=N–C) groups is 1. The minimum Gasteiger partial charge on any atom is -0.391 e. The molecule has 1 aromatic carbocycles. The van der Waals surface area contributed by atoms with Crippen molar-refractivity contribution in [1.29, 1.82) is 0 Å². The van der Waals surface area contributed by atoms with Gasteiger partial charge in [0.1, 0.15) is 6.04 Å². The molecule has 0 radical (unpaired) electrons. The molecule has 2 aromatic rings. The summed E-state index contributed by atoms with van der Waals surface area (Å²) in [5.74, 6) is -0.616. The second-order valence-corrected chi connectivity index (χ2v) is 14.5. The zero-order valence-corrected chi connectivity index (χ0v) is 24.0. The highest BCUT2D eigenvalue weighted by Gasteiger charge is 2.54. The summed E-state index contributed by atoms with van der Waals surface area (Å²) in [6, 6.07) is 6.45. The van der Waals surface area contributed by atoms with E-state index in [-0.39, 0.29) is 31.3 Å². The first kappa shape index (κ1) is 27.1. The summed E-state index contributed by atoms with van der Waals surface area (Å²) in [6.45, 7) is 7.98. The lowest BCUT2D eigenvalue weighted by Gasteiger charge is -2.36. The Labute approximate surface area is 227 Å². The van der Waals surface area contributed by atoms with E-state index in [0.717, 1.165) is 28.0 Å². The van der Waals surface area contributed by atoms with Gasteiger partial charge in [0.25, 0.3) is 5.91 Å². The number of β-amino-alcohol motifs (C(OH)–C–C–N with tert-alkyl or cyclic N) is 1. The lowest BCUT2D eigenvalue weighted by atomic mass is 9.78. The molecule has 0 aliphatic carbocycles. The third-order valence-electron chi connectivity index (χ3n) is 8.39. The zero-order valence-electron chi connectivity index (χ0n) is 22.3. The van der Waals surface area contributed by atoms with Crippen LogP contribution in [0, 0.1) is 12.3 Å². The number of thiazole rings is 1. The molecule has 3 aliphatic rings. The number of sulfonamides is 1. The lowest BCUT2D eigenvalue weighted by molar-refractivity contribution is -0.137. The maximum atomic E-state index is 13.9. The molecule has 2 saturated heterocycles. The largest absolute Gasteiger partial charge is 0.391 e. The van der Waals surface area contributed by atoms with Crippen LogP contribution in [0.1, 0.15) is 51.3 Å². The zero-order chi connectivity index (χ0) is 27.6. The van der Waals surface area contributed by atoms with Crippen LogP contribution in [0.15, 0.2) is 34.8 Å². The van der Waals surface area contributed by atoms with Crippen LogP contribution < -0.4 is 0 Å². The fourth-order valence-electron chi connectivity index (χ4n) is 6.12. The van der Waals surface area contributed by atoms with Crippen LogP contribution in [-0.4, -0.2) is 82.8 Å². The Morgan fingerprint density at radius 2 is 1.87 bits per heavy atom. The quantitative estimate of drug-likeness (QED) is 0.603. The highest BCUT2D eigenvalue weighted by atomic mass is 32.2. The van der Waals surface area contributed by atoms with Gasteiger partial charge >= 0.3 is 0 Å². The average Bonchev–Trinajstić information content (AvgIpc) is 3.59. The fraction of sp³-hybridized carbons (Fsp3) is 0.556. The highest BCUT2D eigenvalue weighted by Crippen LogP contribution is 2.42. The molecule has 0 unspecified atom stereocenters. The average molecular weight is 559 g/mol. The molecule has 38 heavy (non-hydrogen) atoms. The van der Waals surface area contributed by atoms with E-state index in [1.807, 2.05) is 57.5 Å². The van der Waals surface area contributed by atoms with Gasteiger partial charge < -0.3 is 10.0 Å². The van der Waals surface area contributed by atoms with Gasteiger partial charge in [-0.05, 0) is 36.8 Å². The Kier molecular flexibility index (Phi) is 6.65. The smallest absolute Gasteiger partial charge is 0.256 e. The van der Waals surface area contributed by atoms with E-state index in [4.69, 9.17) is 0 Å². The molecule has 3 aliphatic heterocycles. The third-order valence-corrected chi connectivity index (χ3v) is 10.6.